The maximum atomic E-state index is 5.35. The number of nitrogens with two attached hydrogens (primary N) is 1. The second-order valence-electron chi connectivity index (χ2n) is 2.76. The van der Waals surface area contributed by atoms with E-state index >= 15 is 0 Å². The molecule has 0 saturated heterocycles. The van der Waals surface area contributed by atoms with E-state index in [1.165, 1.54) is 0 Å². The van der Waals surface area contributed by atoms with Crippen molar-refractivity contribution in [1.82, 2.24) is 4.98 Å². The van der Waals surface area contributed by atoms with Crippen LogP contribution in [-0.2, 0) is 0 Å². The summed E-state index contributed by atoms with van der Waals surface area (Å²) in [4.78, 5) is 3.15. The Morgan fingerprint density at radius 2 is 2.15 bits per heavy atom. The van der Waals surface area contributed by atoms with Crippen LogP contribution in [0.2, 0.25) is 0 Å². The minimum Gasteiger partial charge on any atom is -0.376 e. The third kappa shape index (κ3) is 1.62. The first-order chi connectivity index (χ1) is 6.25. The van der Waals surface area contributed by atoms with Gasteiger partial charge in [-0.3, -0.25) is 0 Å². The Labute approximate surface area is 80.9 Å². The Morgan fingerprint density at radius 3 is 2.85 bits per heavy atom. The molecule has 0 fully saturated rings. The highest BCUT2D eigenvalue weighted by molar-refractivity contribution is 7.80. The Kier molecular flexibility index (Phi) is 1.90. The summed E-state index contributed by atoms with van der Waals surface area (Å²) >= 11 is 4.73. The normalized spacial score (nSPS) is 10.2. The number of thiocarbonyl (C=S) groups is 1. The molecule has 4 N–H and O–H groups in total. The molecule has 4 heteroatoms. The third-order valence-corrected chi connectivity index (χ3v) is 1.89. The van der Waals surface area contributed by atoms with Gasteiger partial charge in [0, 0.05) is 10.9 Å². The van der Waals surface area contributed by atoms with Crippen molar-refractivity contribution in [3.63, 3.8) is 0 Å². The summed E-state index contributed by atoms with van der Waals surface area (Å²) in [6.07, 6.45) is 0. The highest BCUT2D eigenvalue weighted by atomic mass is 32.1. The zero-order chi connectivity index (χ0) is 9.26. The first-order valence-corrected chi connectivity index (χ1v) is 4.31. The molecule has 1 heterocycles. The molecule has 3 nitrogen and oxygen atoms in total. The van der Waals surface area contributed by atoms with Crippen LogP contribution in [0.1, 0.15) is 0 Å². The van der Waals surface area contributed by atoms with Gasteiger partial charge in [-0.1, -0.05) is 18.2 Å². The van der Waals surface area contributed by atoms with Gasteiger partial charge >= 0.3 is 0 Å². The van der Waals surface area contributed by atoms with Crippen molar-refractivity contribution in [2.75, 3.05) is 5.32 Å². The highest BCUT2D eigenvalue weighted by Gasteiger charge is 1.98. The van der Waals surface area contributed by atoms with Gasteiger partial charge in [0.15, 0.2) is 5.11 Å². The quantitative estimate of drug-likeness (QED) is 0.603. The van der Waals surface area contributed by atoms with Crippen molar-refractivity contribution in [3.8, 4) is 0 Å². The molecule has 0 atom stereocenters. The third-order valence-electron chi connectivity index (χ3n) is 1.79. The summed E-state index contributed by atoms with van der Waals surface area (Å²) < 4.78 is 0. The predicted molar refractivity (Wildman–Crippen MR) is 58.7 cm³/mol. The lowest BCUT2D eigenvalue weighted by Crippen LogP contribution is -2.18. The molecular formula is C9H9N3S. The number of anilines is 1. The van der Waals surface area contributed by atoms with Crippen molar-refractivity contribution in [2.24, 2.45) is 5.73 Å². The van der Waals surface area contributed by atoms with E-state index in [2.05, 4.69) is 10.3 Å². The number of para-hydroxylation sites is 1. The Balaban J connectivity index is 2.44. The minimum atomic E-state index is 0.270. The van der Waals surface area contributed by atoms with Crippen LogP contribution < -0.4 is 11.1 Å². The largest absolute Gasteiger partial charge is 0.376 e. The maximum Gasteiger partial charge on any atom is 0.169 e. The number of rotatable bonds is 1. The Hall–Kier alpha value is -1.55. The smallest absolute Gasteiger partial charge is 0.169 e. The molecule has 1 aromatic carbocycles. The molecule has 0 unspecified atom stereocenters. The SMILES string of the molecule is NC(=S)Nc1cc2ccccc2[nH]1. The maximum absolute atomic E-state index is 5.35. The van der Waals surface area contributed by atoms with Crippen LogP contribution in [0, 0.1) is 0 Å². The number of H-pyrrole nitrogens is 1. The van der Waals surface area contributed by atoms with E-state index in [1.54, 1.807) is 0 Å². The average Bonchev–Trinajstić information content (AvgIpc) is 2.44. The van der Waals surface area contributed by atoms with Crippen LogP contribution in [0.15, 0.2) is 30.3 Å². The molecular weight excluding hydrogens is 182 g/mol. The minimum absolute atomic E-state index is 0.270. The fraction of sp³-hybridized carbons (Fsp3) is 0. The summed E-state index contributed by atoms with van der Waals surface area (Å²) in [7, 11) is 0. The van der Waals surface area contributed by atoms with Gasteiger partial charge in [-0.05, 0) is 24.4 Å². The van der Waals surface area contributed by atoms with Crippen LogP contribution in [0.5, 0.6) is 0 Å². The van der Waals surface area contributed by atoms with E-state index in [-0.39, 0.29) is 5.11 Å². The second-order valence-corrected chi connectivity index (χ2v) is 3.20. The van der Waals surface area contributed by atoms with E-state index in [0.717, 1.165) is 16.7 Å². The first-order valence-electron chi connectivity index (χ1n) is 3.90. The average molecular weight is 191 g/mol. The van der Waals surface area contributed by atoms with Crippen molar-refractivity contribution < 1.29 is 0 Å². The zero-order valence-corrected chi connectivity index (χ0v) is 7.69. The standard InChI is InChI=1S/C9H9N3S/c10-9(13)12-8-5-6-3-1-2-4-7(6)11-8/h1-5,11H,(H3,10,12,13). The van der Waals surface area contributed by atoms with Gasteiger partial charge in [0.25, 0.3) is 0 Å². The molecule has 0 spiro atoms. The van der Waals surface area contributed by atoms with Crippen LogP contribution in [0.4, 0.5) is 5.82 Å². The predicted octanol–water partition coefficient (Wildman–Crippen LogP) is 1.82. The molecule has 2 aromatic rings. The number of benzene rings is 1. The topological polar surface area (TPSA) is 53.8 Å². The van der Waals surface area contributed by atoms with Crippen LogP contribution in [0.25, 0.3) is 10.9 Å². The van der Waals surface area contributed by atoms with Gasteiger partial charge < -0.3 is 16.0 Å². The van der Waals surface area contributed by atoms with E-state index in [9.17, 15) is 0 Å². The highest BCUT2D eigenvalue weighted by Crippen LogP contribution is 2.17. The summed E-state index contributed by atoms with van der Waals surface area (Å²) in [6, 6.07) is 9.95. The van der Waals surface area contributed by atoms with E-state index < -0.39 is 0 Å². The van der Waals surface area contributed by atoms with Gasteiger partial charge in [-0.25, -0.2) is 0 Å². The molecule has 1 aromatic heterocycles. The fourth-order valence-corrected chi connectivity index (χ4v) is 1.38. The van der Waals surface area contributed by atoms with E-state index in [4.69, 9.17) is 18.0 Å². The Bertz CT molecular complexity index is 414. The molecule has 13 heavy (non-hydrogen) atoms. The zero-order valence-electron chi connectivity index (χ0n) is 6.87. The molecule has 0 aliphatic carbocycles. The first kappa shape index (κ1) is 8.07. The van der Waals surface area contributed by atoms with Crippen LogP contribution in [0.3, 0.4) is 0 Å². The Morgan fingerprint density at radius 1 is 1.38 bits per heavy atom. The van der Waals surface area contributed by atoms with Crippen molar-refractivity contribution in [3.05, 3.63) is 30.3 Å². The molecule has 2 rings (SSSR count). The second kappa shape index (κ2) is 3.06. The summed E-state index contributed by atoms with van der Waals surface area (Å²) in [5.41, 5.74) is 6.42. The van der Waals surface area contributed by atoms with Crippen molar-refractivity contribution in [2.45, 2.75) is 0 Å². The lowest BCUT2D eigenvalue weighted by Gasteiger charge is -1.97. The lowest BCUT2D eigenvalue weighted by molar-refractivity contribution is 1.44. The van der Waals surface area contributed by atoms with Crippen LogP contribution >= 0.6 is 12.2 Å². The summed E-state index contributed by atoms with van der Waals surface area (Å²) in [5, 5.41) is 4.26. The molecule has 0 radical (unpaired) electrons. The van der Waals surface area contributed by atoms with Gasteiger partial charge in [-0.2, -0.15) is 0 Å². The van der Waals surface area contributed by atoms with Gasteiger partial charge in [0.05, 0.1) is 0 Å². The van der Waals surface area contributed by atoms with E-state index in [1.807, 2.05) is 30.3 Å². The lowest BCUT2D eigenvalue weighted by atomic mass is 10.2. The van der Waals surface area contributed by atoms with E-state index in [0.29, 0.717) is 0 Å². The van der Waals surface area contributed by atoms with Crippen LogP contribution in [-0.4, -0.2) is 10.1 Å². The molecule has 0 aliphatic rings. The number of aromatic nitrogens is 1. The fourth-order valence-electron chi connectivity index (χ4n) is 1.27. The molecule has 0 saturated carbocycles. The van der Waals surface area contributed by atoms with Gasteiger partial charge in [0.2, 0.25) is 0 Å². The number of nitrogens with one attached hydrogen (secondary N) is 2. The molecule has 0 aliphatic heterocycles. The molecule has 0 amide bonds. The number of fused-ring (bicyclic) bond motifs is 1. The van der Waals surface area contributed by atoms with Gasteiger partial charge in [-0.15, -0.1) is 0 Å². The van der Waals surface area contributed by atoms with Crippen molar-refractivity contribution in [1.29, 1.82) is 0 Å². The number of aromatic amines is 1. The number of hydrogen-bond acceptors (Lipinski definition) is 1. The number of hydrogen-bond donors (Lipinski definition) is 3. The molecule has 0 bridgehead atoms. The monoisotopic (exact) mass is 191 g/mol. The summed E-state index contributed by atoms with van der Waals surface area (Å²) in [6.45, 7) is 0. The van der Waals surface area contributed by atoms with Crippen molar-refractivity contribution >= 4 is 34.1 Å². The summed E-state index contributed by atoms with van der Waals surface area (Å²) in [5.74, 6) is 0.828. The van der Waals surface area contributed by atoms with Gasteiger partial charge in [0.1, 0.15) is 5.82 Å². The molecule has 66 valence electrons.